The maximum Gasteiger partial charge on any atom is 0.276 e. The zero-order chi connectivity index (χ0) is 19.7. The number of aryl methyl sites for hydroxylation is 1. The molecule has 2 heterocycles. The van der Waals surface area contributed by atoms with E-state index in [9.17, 15) is 9.59 Å². The zero-order valence-electron chi connectivity index (χ0n) is 15.3. The third-order valence-corrected chi connectivity index (χ3v) is 4.97. The third-order valence-electron chi connectivity index (χ3n) is 4.73. The van der Waals surface area contributed by atoms with Crippen molar-refractivity contribution in [1.82, 2.24) is 9.78 Å². The summed E-state index contributed by atoms with van der Waals surface area (Å²) in [4.78, 5) is 27.5. The van der Waals surface area contributed by atoms with Crippen molar-refractivity contribution in [3.63, 3.8) is 0 Å². The minimum Gasteiger partial charge on any atom is -0.378 e. The molecule has 1 saturated heterocycles. The molecule has 144 valence electrons. The number of ether oxygens (including phenoxy) is 1. The van der Waals surface area contributed by atoms with Crippen LogP contribution in [0.5, 0.6) is 0 Å². The second-order valence-corrected chi connectivity index (χ2v) is 6.97. The van der Waals surface area contributed by atoms with Gasteiger partial charge < -0.3 is 15.0 Å². The van der Waals surface area contributed by atoms with Crippen LogP contribution in [0, 0.1) is 0 Å². The number of anilines is 2. The zero-order valence-corrected chi connectivity index (χ0v) is 16.1. The number of nitrogens with zero attached hydrogens (tertiary/aromatic N) is 3. The highest BCUT2D eigenvalue weighted by atomic mass is 35.5. The molecule has 1 aliphatic heterocycles. The Bertz CT molecular complexity index is 1110. The number of hydrogen-bond acceptors (Lipinski definition) is 5. The monoisotopic (exact) mass is 398 g/mol. The number of fused-ring (bicyclic) bond motifs is 1. The van der Waals surface area contributed by atoms with Crippen molar-refractivity contribution in [2.45, 2.75) is 0 Å². The molecule has 0 aliphatic carbocycles. The van der Waals surface area contributed by atoms with Crippen molar-refractivity contribution in [2.75, 3.05) is 36.5 Å². The van der Waals surface area contributed by atoms with E-state index in [2.05, 4.69) is 15.3 Å². The number of rotatable bonds is 3. The van der Waals surface area contributed by atoms with Gasteiger partial charge in [-0.15, -0.1) is 0 Å². The van der Waals surface area contributed by atoms with Gasteiger partial charge in [-0.1, -0.05) is 29.8 Å². The first-order valence-electron chi connectivity index (χ1n) is 8.94. The Labute approximate surface area is 166 Å². The highest BCUT2D eigenvalue weighted by Crippen LogP contribution is 2.30. The van der Waals surface area contributed by atoms with Crippen LogP contribution < -0.4 is 15.8 Å². The molecule has 7 nitrogen and oxygen atoms in total. The molecule has 1 aliphatic rings. The molecular weight excluding hydrogens is 380 g/mol. The van der Waals surface area contributed by atoms with E-state index in [1.54, 1.807) is 36.4 Å². The van der Waals surface area contributed by atoms with Gasteiger partial charge in [0.15, 0.2) is 5.69 Å². The van der Waals surface area contributed by atoms with E-state index in [1.165, 1.54) is 11.7 Å². The number of carbonyl (C=O) groups is 1. The minimum absolute atomic E-state index is 0.186. The lowest BCUT2D eigenvalue weighted by atomic mass is 10.1. The van der Waals surface area contributed by atoms with Gasteiger partial charge in [0.05, 0.1) is 30.0 Å². The van der Waals surface area contributed by atoms with Gasteiger partial charge in [0.1, 0.15) is 0 Å². The number of nitrogens with one attached hydrogen (secondary N) is 1. The fourth-order valence-electron chi connectivity index (χ4n) is 3.34. The van der Waals surface area contributed by atoms with Gasteiger partial charge in [0, 0.05) is 30.5 Å². The smallest absolute Gasteiger partial charge is 0.276 e. The van der Waals surface area contributed by atoms with E-state index >= 15 is 0 Å². The quantitative estimate of drug-likeness (QED) is 0.734. The number of aromatic nitrogens is 2. The summed E-state index contributed by atoms with van der Waals surface area (Å²) in [5.74, 6) is -0.399. The lowest BCUT2D eigenvalue weighted by molar-refractivity contribution is 0.102. The number of carbonyl (C=O) groups excluding carboxylic acids is 1. The van der Waals surface area contributed by atoms with E-state index in [4.69, 9.17) is 16.3 Å². The standard InChI is InChI=1S/C20H19ClN4O3/c1-24-20(27)15-5-3-2-4-14(15)18(23-24)19(26)22-16-12-13(21)6-7-17(16)25-8-10-28-11-9-25/h2-7,12H,8-11H2,1H3,(H,22,26). The van der Waals surface area contributed by atoms with Crippen LogP contribution in [0.3, 0.4) is 0 Å². The van der Waals surface area contributed by atoms with E-state index in [0.29, 0.717) is 34.7 Å². The SMILES string of the molecule is Cn1nc(C(=O)Nc2cc(Cl)ccc2N2CCOCC2)c2ccccc2c1=O. The molecule has 0 radical (unpaired) electrons. The molecule has 0 bridgehead atoms. The number of amides is 1. The lowest BCUT2D eigenvalue weighted by Gasteiger charge is -2.30. The van der Waals surface area contributed by atoms with Gasteiger partial charge in [-0.2, -0.15) is 5.10 Å². The van der Waals surface area contributed by atoms with Gasteiger partial charge in [0.2, 0.25) is 0 Å². The Morgan fingerprint density at radius 3 is 2.61 bits per heavy atom. The predicted molar refractivity (Wildman–Crippen MR) is 109 cm³/mol. The van der Waals surface area contributed by atoms with Crippen molar-refractivity contribution in [1.29, 1.82) is 0 Å². The summed E-state index contributed by atoms with van der Waals surface area (Å²) in [5, 5.41) is 8.59. The maximum atomic E-state index is 13.1. The molecule has 2 aromatic carbocycles. The summed E-state index contributed by atoms with van der Waals surface area (Å²) in [6.07, 6.45) is 0. The van der Waals surface area contributed by atoms with Crippen LogP contribution in [0.4, 0.5) is 11.4 Å². The van der Waals surface area contributed by atoms with E-state index < -0.39 is 5.91 Å². The van der Waals surface area contributed by atoms with Crippen LogP contribution in [0.2, 0.25) is 5.02 Å². The average molecular weight is 399 g/mol. The highest BCUT2D eigenvalue weighted by Gasteiger charge is 2.20. The molecule has 28 heavy (non-hydrogen) atoms. The van der Waals surface area contributed by atoms with Crippen LogP contribution in [-0.2, 0) is 11.8 Å². The van der Waals surface area contributed by atoms with Crippen LogP contribution >= 0.6 is 11.6 Å². The third kappa shape index (κ3) is 3.46. The minimum atomic E-state index is -0.399. The fraction of sp³-hybridized carbons (Fsp3) is 0.250. The molecule has 1 amide bonds. The Hall–Kier alpha value is -2.90. The summed E-state index contributed by atoms with van der Waals surface area (Å²) in [6.45, 7) is 2.71. The largest absolute Gasteiger partial charge is 0.378 e. The Morgan fingerprint density at radius 2 is 1.86 bits per heavy atom. The Balaban J connectivity index is 1.74. The Morgan fingerprint density at radius 1 is 1.14 bits per heavy atom. The molecule has 1 fully saturated rings. The highest BCUT2D eigenvalue weighted by molar-refractivity contribution is 6.31. The molecule has 1 N–H and O–H groups in total. The molecule has 0 atom stereocenters. The normalized spacial score (nSPS) is 14.3. The molecule has 3 aromatic rings. The topological polar surface area (TPSA) is 76.5 Å². The number of halogens is 1. The first-order valence-corrected chi connectivity index (χ1v) is 9.32. The van der Waals surface area contributed by atoms with Gasteiger partial charge >= 0.3 is 0 Å². The average Bonchev–Trinajstić information content (AvgIpc) is 2.71. The molecule has 0 spiro atoms. The van der Waals surface area contributed by atoms with Gasteiger partial charge in [-0.05, 0) is 24.3 Å². The van der Waals surface area contributed by atoms with Crippen LogP contribution in [0.15, 0.2) is 47.3 Å². The van der Waals surface area contributed by atoms with E-state index in [0.717, 1.165) is 18.8 Å². The van der Waals surface area contributed by atoms with Gasteiger partial charge in [-0.3, -0.25) is 9.59 Å². The predicted octanol–water partition coefficient (Wildman–Crippen LogP) is 2.68. The van der Waals surface area contributed by atoms with Crippen LogP contribution in [-0.4, -0.2) is 42.0 Å². The van der Waals surface area contributed by atoms with Crippen molar-refractivity contribution >= 4 is 39.7 Å². The fourth-order valence-corrected chi connectivity index (χ4v) is 3.51. The van der Waals surface area contributed by atoms with Crippen molar-refractivity contribution in [3.05, 3.63) is 63.5 Å². The molecular formula is C20H19ClN4O3. The summed E-state index contributed by atoms with van der Waals surface area (Å²) >= 11 is 6.17. The number of morpholine rings is 1. The first-order chi connectivity index (χ1) is 13.5. The summed E-state index contributed by atoms with van der Waals surface area (Å²) in [7, 11) is 1.53. The lowest BCUT2D eigenvalue weighted by Crippen LogP contribution is -2.36. The molecule has 8 heteroatoms. The second-order valence-electron chi connectivity index (χ2n) is 6.54. The molecule has 0 unspecified atom stereocenters. The maximum absolute atomic E-state index is 13.1. The molecule has 1 aromatic heterocycles. The van der Waals surface area contributed by atoms with Crippen LogP contribution in [0.25, 0.3) is 10.8 Å². The van der Waals surface area contributed by atoms with Gasteiger partial charge in [-0.25, -0.2) is 4.68 Å². The summed E-state index contributed by atoms with van der Waals surface area (Å²) in [5.41, 5.74) is 1.41. The molecule has 0 saturated carbocycles. The summed E-state index contributed by atoms with van der Waals surface area (Å²) < 4.78 is 6.59. The summed E-state index contributed by atoms with van der Waals surface area (Å²) in [6, 6.07) is 12.3. The first kappa shape index (κ1) is 18.5. The van der Waals surface area contributed by atoms with E-state index in [1.807, 2.05) is 6.07 Å². The van der Waals surface area contributed by atoms with Crippen molar-refractivity contribution < 1.29 is 9.53 Å². The number of benzene rings is 2. The van der Waals surface area contributed by atoms with Crippen LogP contribution in [0.1, 0.15) is 10.5 Å². The number of hydrogen-bond donors (Lipinski definition) is 1. The second kappa shape index (κ2) is 7.61. The van der Waals surface area contributed by atoms with Crippen molar-refractivity contribution in [3.8, 4) is 0 Å². The molecule has 4 rings (SSSR count). The Kier molecular flexibility index (Phi) is 5.02. The van der Waals surface area contributed by atoms with Crippen molar-refractivity contribution in [2.24, 2.45) is 7.05 Å². The van der Waals surface area contributed by atoms with Gasteiger partial charge in [0.25, 0.3) is 11.5 Å². The van der Waals surface area contributed by atoms with E-state index in [-0.39, 0.29) is 11.3 Å².